The van der Waals surface area contributed by atoms with Crippen LogP contribution in [0.15, 0.2) is 0 Å². The molecule has 1 amide bonds. The molecule has 0 aliphatic carbocycles. The number of aliphatic carboxylic acids is 1. The third kappa shape index (κ3) is 1.99. The number of amides is 1. The van der Waals surface area contributed by atoms with Crippen molar-refractivity contribution >= 4 is 11.9 Å². The SMILES string of the molecule is CCC(C(=O)O)C1CN(C(C)=O)C1. The van der Waals surface area contributed by atoms with Gasteiger partial charge < -0.3 is 10.0 Å². The van der Waals surface area contributed by atoms with Gasteiger partial charge in [-0.2, -0.15) is 0 Å². The number of likely N-dealkylation sites (tertiary alicyclic amines) is 1. The highest BCUT2D eigenvalue weighted by Gasteiger charge is 2.37. The molecule has 74 valence electrons. The van der Waals surface area contributed by atoms with Gasteiger partial charge in [-0.3, -0.25) is 9.59 Å². The summed E-state index contributed by atoms with van der Waals surface area (Å²) in [5.74, 6) is -0.825. The third-order valence-corrected chi connectivity index (χ3v) is 2.68. The molecule has 13 heavy (non-hydrogen) atoms. The molecule has 1 rings (SSSR count). The van der Waals surface area contributed by atoms with Gasteiger partial charge in [0.2, 0.25) is 5.91 Å². The second kappa shape index (κ2) is 3.77. The Balaban J connectivity index is 2.41. The lowest BCUT2D eigenvalue weighted by Crippen LogP contribution is -2.53. The van der Waals surface area contributed by atoms with Crippen molar-refractivity contribution in [3.8, 4) is 0 Å². The summed E-state index contributed by atoms with van der Waals surface area (Å²) in [4.78, 5) is 23.2. The Kier molecular flexibility index (Phi) is 2.90. The number of nitrogens with zero attached hydrogens (tertiary/aromatic N) is 1. The van der Waals surface area contributed by atoms with Crippen LogP contribution in [0.1, 0.15) is 20.3 Å². The first kappa shape index (κ1) is 10.0. The Hall–Kier alpha value is -1.06. The van der Waals surface area contributed by atoms with Crippen molar-refractivity contribution in [1.82, 2.24) is 4.90 Å². The van der Waals surface area contributed by atoms with Gasteiger partial charge in [0.25, 0.3) is 0 Å². The number of carboxylic acid groups (broad SMARTS) is 1. The number of rotatable bonds is 3. The van der Waals surface area contributed by atoms with Gasteiger partial charge in [0.05, 0.1) is 5.92 Å². The van der Waals surface area contributed by atoms with E-state index in [0.717, 1.165) is 0 Å². The fraction of sp³-hybridized carbons (Fsp3) is 0.778. The Bertz CT molecular complexity index is 221. The van der Waals surface area contributed by atoms with E-state index in [1.807, 2.05) is 6.92 Å². The molecule has 0 aromatic heterocycles. The van der Waals surface area contributed by atoms with Crippen LogP contribution < -0.4 is 0 Å². The van der Waals surface area contributed by atoms with E-state index in [1.54, 1.807) is 4.90 Å². The van der Waals surface area contributed by atoms with Crippen molar-refractivity contribution in [3.05, 3.63) is 0 Å². The fourth-order valence-electron chi connectivity index (χ4n) is 1.73. The van der Waals surface area contributed by atoms with E-state index < -0.39 is 5.97 Å². The smallest absolute Gasteiger partial charge is 0.306 e. The summed E-state index contributed by atoms with van der Waals surface area (Å²) < 4.78 is 0. The van der Waals surface area contributed by atoms with Gasteiger partial charge in [-0.25, -0.2) is 0 Å². The second-order valence-corrected chi connectivity index (χ2v) is 3.54. The summed E-state index contributed by atoms with van der Waals surface area (Å²) in [6, 6.07) is 0. The van der Waals surface area contributed by atoms with Crippen LogP contribution in [-0.4, -0.2) is 35.0 Å². The molecule has 1 fully saturated rings. The molecule has 1 aliphatic heterocycles. The van der Waals surface area contributed by atoms with Crippen LogP contribution in [0.2, 0.25) is 0 Å². The molecule has 4 heteroatoms. The van der Waals surface area contributed by atoms with Crippen molar-refractivity contribution in [2.45, 2.75) is 20.3 Å². The molecule has 0 radical (unpaired) electrons. The maximum Gasteiger partial charge on any atom is 0.306 e. The third-order valence-electron chi connectivity index (χ3n) is 2.68. The predicted molar refractivity (Wildman–Crippen MR) is 47.2 cm³/mol. The molecule has 1 saturated heterocycles. The van der Waals surface area contributed by atoms with Gasteiger partial charge in [0, 0.05) is 25.9 Å². The Morgan fingerprint density at radius 1 is 1.54 bits per heavy atom. The Morgan fingerprint density at radius 3 is 2.38 bits per heavy atom. The minimum atomic E-state index is -0.740. The molecule has 1 aliphatic rings. The van der Waals surface area contributed by atoms with Crippen LogP contribution >= 0.6 is 0 Å². The zero-order chi connectivity index (χ0) is 10.0. The summed E-state index contributed by atoms with van der Waals surface area (Å²) in [5, 5.41) is 8.83. The van der Waals surface area contributed by atoms with Crippen LogP contribution in [0.5, 0.6) is 0 Å². The first-order valence-corrected chi connectivity index (χ1v) is 4.54. The topological polar surface area (TPSA) is 57.6 Å². The number of carbonyl (C=O) groups excluding carboxylic acids is 1. The van der Waals surface area contributed by atoms with Gasteiger partial charge in [-0.15, -0.1) is 0 Å². The average molecular weight is 185 g/mol. The van der Waals surface area contributed by atoms with Crippen LogP contribution in [0.3, 0.4) is 0 Å². The average Bonchev–Trinajstić information content (AvgIpc) is 1.93. The van der Waals surface area contributed by atoms with Crippen LogP contribution in [-0.2, 0) is 9.59 Å². The maximum absolute atomic E-state index is 10.8. The summed E-state index contributed by atoms with van der Waals surface area (Å²) in [6.07, 6.45) is 0.645. The van der Waals surface area contributed by atoms with E-state index in [2.05, 4.69) is 0 Å². The lowest BCUT2D eigenvalue weighted by Gasteiger charge is -2.41. The van der Waals surface area contributed by atoms with E-state index >= 15 is 0 Å². The normalized spacial score (nSPS) is 19.4. The van der Waals surface area contributed by atoms with Crippen molar-refractivity contribution in [2.24, 2.45) is 11.8 Å². The molecule has 1 heterocycles. The van der Waals surface area contributed by atoms with E-state index in [1.165, 1.54) is 6.92 Å². The lowest BCUT2D eigenvalue weighted by atomic mass is 9.84. The maximum atomic E-state index is 10.8. The molecule has 0 saturated carbocycles. The largest absolute Gasteiger partial charge is 0.481 e. The van der Waals surface area contributed by atoms with Crippen LogP contribution in [0.4, 0.5) is 0 Å². The van der Waals surface area contributed by atoms with E-state index in [4.69, 9.17) is 5.11 Å². The molecule has 1 atom stereocenters. The Labute approximate surface area is 77.5 Å². The minimum absolute atomic E-state index is 0.0384. The summed E-state index contributed by atoms with van der Waals surface area (Å²) in [7, 11) is 0. The standard InChI is InChI=1S/C9H15NO3/c1-3-8(9(12)13)7-4-10(5-7)6(2)11/h7-8H,3-5H2,1-2H3,(H,12,13). The van der Waals surface area contributed by atoms with Gasteiger partial charge in [0.15, 0.2) is 0 Å². The zero-order valence-corrected chi connectivity index (χ0v) is 7.99. The second-order valence-electron chi connectivity index (χ2n) is 3.54. The van der Waals surface area contributed by atoms with Gasteiger partial charge in [-0.05, 0) is 6.42 Å². The van der Waals surface area contributed by atoms with E-state index in [-0.39, 0.29) is 17.7 Å². The Morgan fingerprint density at radius 2 is 2.08 bits per heavy atom. The lowest BCUT2D eigenvalue weighted by molar-refractivity contribution is -0.150. The molecular weight excluding hydrogens is 170 g/mol. The molecule has 1 unspecified atom stereocenters. The minimum Gasteiger partial charge on any atom is -0.481 e. The molecule has 0 aromatic rings. The first-order valence-electron chi connectivity index (χ1n) is 4.54. The first-order chi connectivity index (χ1) is 6.06. The van der Waals surface area contributed by atoms with Crippen LogP contribution in [0.25, 0.3) is 0 Å². The van der Waals surface area contributed by atoms with Crippen molar-refractivity contribution in [3.63, 3.8) is 0 Å². The van der Waals surface area contributed by atoms with Gasteiger partial charge in [-0.1, -0.05) is 6.92 Å². The highest BCUT2D eigenvalue weighted by Crippen LogP contribution is 2.26. The van der Waals surface area contributed by atoms with Crippen molar-refractivity contribution in [1.29, 1.82) is 0 Å². The molecular formula is C9H15NO3. The molecule has 1 N–H and O–H groups in total. The molecule has 0 aromatic carbocycles. The highest BCUT2D eigenvalue weighted by molar-refractivity contribution is 5.75. The number of hydrogen-bond donors (Lipinski definition) is 1. The molecule has 4 nitrogen and oxygen atoms in total. The number of hydrogen-bond acceptors (Lipinski definition) is 2. The van der Waals surface area contributed by atoms with E-state index in [0.29, 0.717) is 19.5 Å². The monoisotopic (exact) mass is 185 g/mol. The fourth-order valence-corrected chi connectivity index (χ4v) is 1.73. The van der Waals surface area contributed by atoms with Crippen molar-refractivity contribution < 1.29 is 14.7 Å². The zero-order valence-electron chi connectivity index (χ0n) is 7.99. The summed E-state index contributed by atoms with van der Waals surface area (Å²) in [6.45, 7) is 4.60. The number of carboxylic acids is 1. The number of carbonyl (C=O) groups is 2. The quantitative estimate of drug-likeness (QED) is 0.699. The van der Waals surface area contributed by atoms with Gasteiger partial charge in [0.1, 0.15) is 0 Å². The van der Waals surface area contributed by atoms with Crippen molar-refractivity contribution in [2.75, 3.05) is 13.1 Å². The van der Waals surface area contributed by atoms with E-state index in [9.17, 15) is 9.59 Å². The summed E-state index contributed by atoms with van der Waals surface area (Å²) in [5.41, 5.74) is 0. The molecule has 0 bridgehead atoms. The highest BCUT2D eigenvalue weighted by atomic mass is 16.4. The molecule has 0 spiro atoms. The summed E-state index contributed by atoms with van der Waals surface area (Å²) >= 11 is 0. The van der Waals surface area contributed by atoms with Gasteiger partial charge >= 0.3 is 5.97 Å². The van der Waals surface area contributed by atoms with Crippen LogP contribution in [0, 0.1) is 11.8 Å². The predicted octanol–water partition coefficient (Wildman–Crippen LogP) is 0.575.